The Morgan fingerprint density at radius 3 is 2.52 bits per heavy atom. The zero-order valence-electron chi connectivity index (χ0n) is 18.9. The summed E-state index contributed by atoms with van der Waals surface area (Å²) in [5.41, 5.74) is 3.56. The number of nitrogens with zero attached hydrogens (tertiary/aromatic N) is 1. The Kier molecular flexibility index (Phi) is 6.27. The molecule has 3 rings (SSSR count). The lowest BCUT2D eigenvalue weighted by atomic mass is 9.56. The molecule has 2 aliphatic rings. The predicted molar refractivity (Wildman–Crippen MR) is 117 cm³/mol. The molecule has 1 saturated heterocycles. The summed E-state index contributed by atoms with van der Waals surface area (Å²) in [6, 6.07) is 8.72. The normalized spacial score (nSPS) is 31.2. The van der Waals surface area contributed by atoms with E-state index in [0.717, 1.165) is 0 Å². The van der Waals surface area contributed by atoms with Gasteiger partial charge < -0.3 is 19.7 Å². The number of hydrogen-bond donors (Lipinski definition) is 1. The van der Waals surface area contributed by atoms with Crippen LogP contribution in [-0.2, 0) is 9.47 Å². The fraction of sp³-hybridized carbons (Fsp3) is 0.625. The van der Waals surface area contributed by atoms with Crippen LogP contribution in [0.4, 0.5) is 10.5 Å². The van der Waals surface area contributed by atoms with E-state index in [-0.39, 0.29) is 35.5 Å². The van der Waals surface area contributed by atoms with E-state index in [1.54, 1.807) is 0 Å². The van der Waals surface area contributed by atoms with Gasteiger partial charge in [0.25, 0.3) is 0 Å². The molecule has 1 heterocycles. The molecule has 160 valence electrons. The molecule has 1 fully saturated rings. The van der Waals surface area contributed by atoms with Gasteiger partial charge in [-0.2, -0.15) is 0 Å². The smallest absolute Gasteiger partial charge is 0.407 e. The lowest BCUT2D eigenvalue weighted by Crippen LogP contribution is -2.55. The van der Waals surface area contributed by atoms with E-state index in [1.807, 2.05) is 27.9 Å². The zero-order chi connectivity index (χ0) is 21.3. The summed E-state index contributed by atoms with van der Waals surface area (Å²) < 4.78 is 12.2. The highest BCUT2D eigenvalue weighted by molar-refractivity contribution is 5.67. The molecule has 1 aliphatic carbocycles. The van der Waals surface area contributed by atoms with Crippen LogP contribution in [0.2, 0.25) is 0 Å². The molecule has 5 heteroatoms. The second-order valence-corrected chi connectivity index (χ2v) is 9.34. The number of nitrogens with one attached hydrogen (secondary N) is 1. The summed E-state index contributed by atoms with van der Waals surface area (Å²) >= 11 is 0. The third kappa shape index (κ3) is 4.16. The van der Waals surface area contributed by atoms with E-state index in [9.17, 15) is 4.79 Å². The van der Waals surface area contributed by atoms with Gasteiger partial charge in [-0.05, 0) is 50.3 Å². The highest BCUT2D eigenvalue weighted by Gasteiger charge is 2.54. The van der Waals surface area contributed by atoms with Crippen LogP contribution in [0.15, 0.2) is 35.9 Å². The van der Waals surface area contributed by atoms with E-state index >= 15 is 0 Å². The van der Waals surface area contributed by atoms with Gasteiger partial charge in [-0.15, -0.1) is 0 Å². The molecule has 1 aromatic rings. The van der Waals surface area contributed by atoms with Crippen molar-refractivity contribution in [1.82, 2.24) is 5.32 Å². The maximum absolute atomic E-state index is 12.1. The van der Waals surface area contributed by atoms with E-state index in [2.05, 4.69) is 61.3 Å². The summed E-state index contributed by atoms with van der Waals surface area (Å²) in [5.74, 6) is 0.918. The fourth-order valence-corrected chi connectivity index (χ4v) is 5.00. The predicted octanol–water partition coefficient (Wildman–Crippen LogP) is 4.79. The fourth-order valence-electron chi connectivity index (χ4n) is 5.00. The van der Waals surface area contributed by atoms with Crippen LogP contribution in [0.25, 0.3) is 0 Å². The average molecular weight is 401 g/mol. The van der Waals surface area contributed by atoms with Gasteiger partial charge in [0.15, 0.2) is 0 Å². The van der Waals surface area contributed by atoms with Gasteiger partial charge in [0.05, 0.1) is 12.7 Å². The van der Waals surface area contributed by atoms with Crippen LogP contribution < -0.4 is 10.2 Å². The van der Waals surface area contributed by atoms with Crippen LogP contribution in [0.1, 0.15) is 46.3 Å². The molecule has 1 aromatic carbocycles. The van der Waals surface area contributed by atoms with Crippen LogP contribution in [0.5, 0.6) is 0 Å². The van der Waals surface area contributed by atoms with Gasteiger partial charge in [0.1, 0.15) is 6.61 Å². The number of fused-ring (bicyclic) bond motifs is 2. The van der Waals surface area contributed by atoms with E-state index < -0.39 is 0 Å². The Balaban J connectivity index is 1.83. The topological polar surface area (TPSA) is 50.8 Å². The molecular formula is C24H36N2O3. The summed E-state index contributed by atoms with van der Waals surface area (Å²) in [5, 5.41) is 2.82. The molecule has 2 bridgehead atoms. The summed E-state index contributed by atoms with van der Waals surface area (Å²) in [6.07, 6.45) is 2.04. The third-order valence-corrected chi connectivity index (χ3v) is 6.87. The van der Waals surface area contributed by atoms with Crippen molar-refractivity contribution in [1.29, 1.82) is 0 Å². The first-order valence-corrected chi connectivity index (χ1v) is 10.7. The van der Waals surface area contributed by atoms with Crippen LogP contribution >= 0.6 is 0 Å². The van der Waals surface area contributed by atoms with Gasteiger partial charge >= 0.3 is 6.09 Å². The summed E-state index contributed by atoms with van der Waals surface area (Å²) in [6.45, 7) is 11.6. The first-order chi connectivity index (χ1) is 13.7. The van der Waals surface area contributed by atoms with Gasteiger partial charge in [-0.1, -0.05) is 37.6 Å². The first-order valence-electron chi connectivity index (χ1n) is 10.7. The number of carbonyl (C=O) groups excluding carboxylic acids is 1. The Morgan fingerprint density at radius 1 is 1.28 bits per heavy atom. The number of ether oxygens (including phenoxy) is 2. The molecule has 0 unspecified atom stereocenters. The van der Waals surface area contributed by atoms with E-state index in [1.165, 1.54) is 16.8 Å². The molecule has 0 spiro atoms. The zero-order valence-corrected chi connectivity index (χ0v) is 18.9. The van der Waals surface area contributed by atoms with Gasteiger partial charge in [0.2, 0.25) is 0 Å². The molecule has 0 aromatic heterocycles. The Bertz CT molecular complexity index is 756. The lowest BCUT2D eigenvalue weighted by Gasteiger charge is -2.55. The molecular weight excluding hydrogens is 364 g/mol. The largest absolute Gasteiger partial charge is 0.449 e. The van der Waals surface area contributed by atoms with Crippen molar-refractivity contribution in [2.45, 2.75) is 46.8 Å². The highest BCUT2D eigenvalue weighted by atomic mass is 16.6. The lowest BCUT2D eigenvalue weighted by molar-refractivity contribution is -0.165. The monoisotopic (exact) mass is 400 g/mol. The van der Waals surface area contributed by atoms with Crippen molar-refractivity contribution in [3.8, 4) is 0 Å². The summed E-state index contributed by atoms with van der Waals surface area (Å²) in [4.78, 5) is 14.2. The van der Waals surface area contributed by atoms with Crippen molar-refractivity contribution in [3.05, 3.63) is 41.5 Å². The van der Waals surface area contributed by atoms with Gasteiger partial charge in [0, 0.05) is 37.2 Å². The number of alkyl carbamates (subject to hydrolysis) is 1. The van der Waals surface area contributed by atoms with Crippen LogP contribution in [0, 0.1) is 23.2 Å². The molecule has 1 amide bonds. The van der Waals surface area contributed by atoms with Crippen LogP contribution in [-0.4, -0.2) is 39.4 Å². The first kappa shape index (κ1) is 21.7. The molecule has 29 heavy (non-hydrogen) atoms. The maximum atomic E-state index is 12.1. The van der Waals surface area contributed by atoms with Crippen molar-refractivity contribution in [2.24, 2.45) is 23.2 Å². The molecule has 1 N–H and O–H groups in total. The quantitative estimate of drug-likeness (QED) is 0.722. The SMILES string of the molecule is CC1=C[C@H](C)[C@]2(COC(=O)NC(C)C)CO[C@H](c3ccc(N(C)C)cc3)[C@H]1[C@H]2C. The second-order valence-electron chi connectivity index (χ2n) is 9.34. The number of rotatable bonds is 5. The van der Waals surface area contributed by atoms with Gasteiger partial charge in [-0.25, -0.2) is 4.79 Å². The average Bonchev–Trinajstić information content (AvgIpc) is 2.65. The van der Waals surface area contributed by atoms with Crippen molar-refractivity contribution >= 4 is 11.8 Å². The summed E-state index contributed by atoms with van der Waals surface area (Å²) in [7, 11) is 4.10. The Hall–Kier alpha value is -2.01. The second kappa shape index (κ2) is 8.39. The Labute approximate surface area is 175 Å². The minimum Gasteiger partial charge on any atom is -0.449 e. The Morgan fingerprint density at radius 2 is 1.93 bits per heavy atom. The molecule has 5 nitrogen and oxygen atoms in total. The van der Waals surface area contributed by atoms with E-state index in [4.69, 9.17) is 9.47 Å². The molecule has 1 aliphatic heterocycles. The molecule has 0 radical (unpaired) electrons. The van der Waals surface area contributed by atoms with E-state index in [0.29, 0.717) is 19.1 Å². The molecule has 0 saturated carbocycles. The van der Waals surface area contributed by atoms with Crippen molar-refractivity contribution in [3.63, 3.8) is 0 Å². The highest BCUT2D eigenvalue weighted by Crippen LogP contribution is 2.56. The number of carbonyl (C=O) groups is 1. The number of allylic oxidation sites excluding steroid dienone is 1. The minimum atomic E-state index is -0.349. The van der Waals surface area contributed by atoms with Crippen molar-refractivity contribution in [2.75, 3.05) is 32.2 Å². The molecule has 5 atom stereocenters. The number of hydrogen-bond acceptors (Lipinski definition) is 4. The number of anilines is 1. The number of amides is 1. The number of benzene rings is 1. The van der Waals surface area contributed by atoms with Crippen molar-refractivity contribution < 1.29 is 14.3 Å². The van der Waals surface area contributed by atoms with Gasteiger partial charge in [-0.3, -0.25) is 0 Å². The van der Waals surface area contributed by atoms with Crippen LogP contribution in [0.3, 0.4) is 0 Å². The minimum absolute atomic E-state index is 0.0302. The maximum Gasteiger partial charge on any atom is 0.407 e. The standard InChI is InChI=1S/C24H36N2O3/c1-15(2)25-23(27)29-14-24-13-28-22(19-8-10-20(11-9-19)26(6)7)21(18(24)5)16(3)12-17(24)4/h8-12,15,17-18,21-22H,13-14H2,1-7H3,(H,25,27)/t17-,18+,21+,22+,24+/m0/s1. The third-order valence-electron chi connectivity index (χ3n) is 6.87.